The lowest BCUT2D eigenvalue weighted by atomic mass is 10.1. The Morgan fingerprint density at radius 3 is 2.65 bits per heavy atom. The molecule has 0 bridgehead atoms. The smallest absolute Gasteiger partial charge is 0.344 e. The number of ether oxygens (including phenoxy) is 2. The molecule has 92 valence electrons. The Morgan fingerprint density at radius 2 is 2.00 bits per heavy atom. The highest BCUT2D eigenvalue weighted by Gasteiger charge is 2.13. The van der Waals surface area contributed by atoms with Crippen LogP contribution in [-0.4, -0.2) is 25.2 Å². The standard InChI is InChI=1S/C12H15NO4/c1-3-16-11(14)7-17-12(15)10-6-9(13)5-4-8(10)2/h4-6H,3,7,13H2,1-2H3. The van der Waals surface area contributed by atoms with E-state index in [1.807, 2.05) is 0 Å². The van der Waals surface area contributed by atoms with E-state index < -0.39 is 11.9 Å². The molecule has 0 radical (unpaired) electrons. The van der Waals surface area contributed by atoms with Crippen LogP contribution in [-0.2, 0) is 14.3 Å². The number of anilines is 1. The lowest BCUT2D eigenvalue weighted by Gasteiger charge is -2.07. The maximum absolute atomic E-state index is 11.6. The van der Waals surface area contributed by atoms with Crippen molar-refractivity contribution >= 4 is 17.6 Å². The number of aryl methyl sites for hydroxylation is 1. The van der Waals surface area contributed by atoms with Crippen molar-refractivity contribution in [3.8, 4) is 0 Å². The molecule has 5 nitrogen and oxygen atoms in total. The predicted octanol–water partition coefficient (Wildman–Crippen LogP) is 1.30. The average Bonchev–Trinajstić information content (AvgIpc) is 2.29. The van der Waals surface area contributed by atoms with Crippen LogP contribution in [0.2, 0.25) is 0 Å². The summed E-state index contributed by atoms with van der Waals surface area (Å²) >= 11 is 0. The Labute approximate surface area is 99.5 Å². The number of esters is 2. The zero-order valence-corrected chi connectivity index (χ0v) is 9.86. The van der Waals surface area contributed by atoms with Crippen molar-refractivity contribution in [2.24, 2.45) is 0 Å². The van der Waals surface area contributed by atoms with E-state index in [-0.39, 0.29) is 13.2 Å². The monoisotopic (exact) mass is 237 g/mol. The molecular formula is C12H15NO4. The minimum absolute atomic E-state index is 0.258. The third kappa shape index (κ3) is 3.79. The molecule has 2 N–H and O–H groups in total. The number of hydrogen-bond acceptors (Lipinski definition) is 5. The third-order valence-corrected chi connectivity index (χ3v) is 2.11. The molecule has 1 rings (SSSR count). The van der Waals surface area contributed by atoms with E-state index in [2.05, 4.69) is 4.74 Å². The Bertz CT molecular complexity index is 429. The number of rotatable bonds is 4. The predicted molar refractivity (Wildman–Crippen MR) is 62.5 cm³/mol. The van der Waals surface area contributed by atoms with E-state index in [0.29, 0.717) is 11.3 Å². The van der Waals surface area contributed by atoms with Crippen LogP contribution in [0.5, 0.6) is 0 Å². The van der Waals surface area contributed by atoms with Gasteiger partial charge in [-0.1, -0.05) is 6.07 Å². The van der Waals surface area contributed by atoms with Gasteiger partial charge in [0.2, 0.25) is 0 Å². The molecule has 0 aromatic heterocycles. The van der Waals surface area contributed by atoms with Gasteiger partial charge in [0.15, 0.2) is 6.61 Å². The van der Waals surface area contributed by atoms with Crippen LogP contribution in [0.25, 0.3) is 0 Å². The van der Waals surface area contributed by atoms with E-state index in [1.165, 1.54) is 6.07 Å². The summed E-state index contributed by atoms with van der Waals surface area (Å²) in [6.07, 6.45) is 0. The van der Waals surface area contributed by atoms with Gasteiger partial charge in [0.05, 0.1) is 12.2 Å². The van der Waals surface area contributed by atoms with Crippen LogP contribution in [0, 0.1) is 6.92 Å². The van der Waals surface area contributed by atoms with Crippen LogP contribution < -0.4 is 5.73 Å². The molecule has 0 saturated heterocycles. The number of hydrogen-bond donors (Lipinski definition) is 1. The van der Waals surface area contributed by atoms with Crippen molar-refractivity contribution in [3.05, 3.63) is 29.3 Å². The van der Waals surface area contributed by atoms with E-state index in [0.717, 1.165) is 5.56 Å². The van der Waals surface area contributed by atoms with Gasteiger partial charge in [0.1, 0.15) is 0 Å². The minimum Gasteiger partial charge on any atom is -0.463 e. The summed E-state index contributed by atoms with van der Waals surface area (Å²) < 4.78 is 9.45. The highest BCUT2D eigenvalue weighted by atomic mass is 16.6. The molecule has 0 spiro atoms. The topological polar surface area (TPSA) is 78.6 Å². The van der Waals surface area contributed by atoms with Gasteiger partial charge in [-0.2, -0.15) is 0 Å². The first-order valence-electron chi connectivity index (χ1n) is 5.23. The molecule has 5 heteroatoms. The largest absolute Gasteiger partial charge is 0.463 e. The first kappa shape index (κ1) is 13.0. The summed E-state index contributed by atoms with van der Waals surface area (Å²) in [6.45, 7) is 3.32. The maximum Gasteiger partial charge on any atom is 0.344 e. The van der Waals surface area contributed by atoms with Crippen molar-refractivity contribution in [1.29, 1.82) is 0 Å². The van der Waals surface area contributed by atoms with E-state index in [9.17, 15) is 9.59 Å². The normalized spacial score (nSPS) is 9.76. The fourth-order valence-corrected chi connectivity index (χ4v) is 1.26. The maximum atomic E-state index is 11.6. The first-order valence-corrected chi connectivity index (χ1v) is 5.23. The molecule has 0 fully saturated rings. The van der Waals surface area contributed by atoms with Crippen molar-refractivity contribution in [2.45, 2.75) is 13.8 Å². The fraction of sp³-hybridized carbons (Fsp3) is 0.333. The summed E-state index contributed by atoms with van der Waals surface area (Å²) in [5.74, 6) is -1.15. The molecule has 1 aromatic rings. The lowest BCUT2D eigenvalue weighted by molar-refractivity contribution is -0.146. The van der Waals surface area contributed by atoms with E-state index >= 15 is 0 Å². The molecule has 0 aliphatic heterocycles. The molecule has 0 aliphatic rings. The quantitative estimate of drug-likeness (QED) is 0.630. The van der Waals surface area contributed by atoms with Gasteiger partial charge >= 0.3 is 11.9 Å². The molecule has 0 atom stereocenters. The first-order chi connectivity index (χ1) is 8.04. The Hall–Kier alpha value is -2.04. The fourth-order valence-electron chi connectivity index (χ4n) is 1.26. The summed E-state index contributed by atoms with van der Waals surface area (Å²) in [6, 6.07) is 4.93. The van der Waals surface area contributed by atoms with Gasteiger partial charge in [-0.15, -0.1) is 0 Å². The zero-order chi connectivity index (χ0) is 12.8. The molecule has 0 unspecified atom stereocenters. The number of benzene rings is 1. The van der Waals surface area contributed by atoms with Crippen LogP contribution >= 0.6 is 0 Å². The van der Waals surface area contributed by atoms with Crippen molar-refractivity contribution in [1.82, 2.24) is 0 Å². The Morgan fingerprint density at radius 1 is 1.29 bits per heavy atom. The Kier molecular flexibility index (Phi) is 4.51. The second kappa shape index (κ2) is 5.89. The van der Waals surface area contributed by atoms with Gasteiger partial charge in [-0.25, -0.2) is 9.59 Å². The van der Waals surface area contributed by atoms with Gasteiger partial charge in [-0.3, -0.25) is 0 Å². The Balaban J connectivity index is 2.64. The van der Waals surface area contributed by atoms with E-state index in [1.54, 1.807) is 26.0 Å². The molecule has 17 heavy (non-hydrogen) atoms. The summed E-state index contributed by atoms with van der Waals surface area (Å²) in [4.78, 5) is 22.6. The second-order valence-corrected chi connectivity index (χ2v) is 3.46. The van der Waals surface area contributed by atoms with Crippen molar-refractivity contribution in [2.75, 3.05) is 18.9 Å². The molecule has 0 amide bonds. The van der Waals surface area contributed by atoms with Gasteiger partial charge in [0.25, 0.3) is 0 Å². The number of carbonyl (C=O) groups excluding carboxylic acids is 2. The lowest BCUT2D eigenvalue weighted by Crippen LogP contribution is -2.17. The number of nitrogens with two attached hydrogens (primary N) is 1. The summed E-state index contributed by atoms with van der Waals surface area (Å²) in [7, 11) is 0. The van der Waals surface area contributed by atoms with E-state index in [4.69, 9.17) is 10.5 Å². The minimum atomic E-state index is -0.581. The average molecular weight is 237 g/mol. The highest BCUT2D eigenvalue weighted by molar-refractivity contribution is 5.93. The molecule has 1 aromatic carbocycles. The zero-order valence-electron chi connectivity index (χ0n) is 9.86. The van der Waals surface area contributed by atoms with Gasteiger partial charge in [0, 0.05) is 5.69 Å². The van der Waals surface area contributed by atoms with Crippen LogP contribution in [0.1, 0.15) is 22.8 Å². The van der Waals surface area contributed by atoms with Gasteiger partial charge < -0.3 is 15.2 Å². The van der Waals surface area contributed by atoms with Crippen LogP contribution in [0.15, 0.2) is 18.2 Å². The third-order valence-electron chi connectivity index (χ3n) is 2.11. The summed E-state index contributed by atoms with van der Waals surface area (Å²) in [5, 5.41) is 0. The molecule has 0 saturated carbocycles. The highest BCUT2D eigenvalue weighted by Crippen LogP contribution is 2.13. The molecular weight excluding hydrogens is 222 g/mol. The summed E-state index contributed by atoms with van der Waals surface area (Å²) in [5.41, 5.74) is 7.14. The molecule has 0 heterocycles. The number of carbonyl (C=O) groups is 2. The second-order valence-electron chi connectivity index (χ2n) is 3.46. The van der Waals surface area contributed by atoms with Crippen molar-refractivity contribution in [3.63, 3.8) is 0 Å². The van der Waals surface area contributed by atoms with Crippen LogP contribution in [0.3, 0.4) is 0 Å². The SMILES string of the molecule is CCOC(=O)COC(=O)c1cc(N)ccc1C. The number of nitrogen functional groups attached to an aromatic ring is 1. The van der Waals surface area contributed by atoms with Crippen molar-refractivity contribution < 1.29 is 19.1 Å². The van der Waals surface area contributed by atoms with Gasteiger partial charge in [-0.05, 0) is 31.5 Å². The molecule has 0 aliphatic carbocycles. The van der Waals surface area contributed by atoms with Crippen LogP contribution in [0.4, 0.5) is 5.69 Å².